The number of nitrogens with one attached hydrogen (secondary N) is 1. The van der Waals surface area contributed by atoms with Crippen LogP contribution in [-0.4, -0.2) is 22.5 Å². The fourth-order valence-corrected chi connectivity index (χ4v) is 1.53. The Labute approximate surface area is 109 Å². The lowest BCUT2D eigenvalue weighted by atomic mass is 10.1. The second-order valence-electron chi connectivity index (χ2n) is 3.58. The monoisotopic (exact) mass is 267 g/mol. The molecule has 0 aliphatic carbocycles. The summed E-state index contributed by atoms with van der Waals surface area (Å²) in [6.45, 7) is 0.683. The molecule has 1 heterocycles. The zero-order valence-electron chi connectivity index (χ0n) is 9.40. The molecule has 0 atom stereocenters. The smallest absolute Gasteiger partial charge is 0.159 e. The van der Waals surface area contributed by atoms with Crippen LogP contribution >= 0.6 is 12.6 Å². The molecule has 0 amide bonds. The summed E-state index contributed by atoms with van der Waals surface area (Å²) in [7, 11) is 0. The van der Waals surface area contributed by atoms with Crippen molar-refractivity contribution in [2.45, 2.75) is 0 Å². The molecule has 3 nitrogen and oxygen atoms in total. The summed E-state index contributed by atoms with van der Waals surface area (Å²) in [4.78, 5) is 0. The number of hydrogen-bond donors (Lipinski definition) is 2. The molecular formula is C12H11F2N3S. The van der Waals surface area contributed by atoms with Crippen molar-refractivity contribution in [3.8, 4) is 11.3 Å². The van der Waals surface area contributed by atoms with Crippen molar-refractivity contribution in [3.63, 3.8) is 0 Å². The van der Waals surface area contributed by atoms with E-state index in [0.717, 1.165) is 12.1 Å². The third kappa shape index (κ3) is 2.95. The number of halogens is 2. The Morgan fingerprint density at radius 1 is 1.06 bits per heavy atom. The van der Waals surface area contributed by atoms with Crippen LogP contribution in [0.1, 0.15) is 0 Å². The quantitative estimate of drug-likeness (QED) is 0.836. The first-order valence-corrected chi connectivity index (χ1v) is 5.98. The summed E-state index contributed by atoms with van der Waals surface area (Å²) in [6, 6.07) is 7.05. The number of nitrogens with zero attached hydrogens (tertiary/aromatic N) is 2. The lowest BCUT2D eigenvalue weighted by molar-refractivity contribution is 0.509. The molecule has 18 heavy (non-hydrogen) atoms. The summed E-state index contributed by atoms with van der Waals surface area (Å²) in [6.07, 6.45) is 0. The molecule has 0 unspecified atom stereocenters. The van der Waals surface area contributed by atoms with Gasteiger partial charge in [-0.1, -0.05) is 0 Å². The third-order valence-electron chi connectivity index (χ3n) is 2.30. The Morgan fingerprint density at radius 3 is 2.50 bits per heavy atom. The van der Waals surface area contributed by atoms with Crippen LogP contribution in [0, 0.1) is 11.6 Å². The van der Waals surface area contributed by atoms with Gasteiger partial charge < -0.3 is 5.32 Å². The zero-order chi connectivity index (χ0) is 13.0. The lowest BCUT2D eigenvalue weighted by Crippen LogP contribution is -2.05. The number of thiol groups is 1. The van der Waals surface area contributed by atoms with Crippen molar-refractivity contribution in [2.24, 2.45) is 0 Å². The number of rotatable bonds is 4. The van der Waals surface area contributed by atoms with Crippen LogP contribution in [0.5, 0.6) is 0 Å². The lowest BCUT2D eigenvalue weighted by Gasteiger charge is -2.04. The van der Waals surface area contributed by atoms with Gasteiger partial charge in [0.05, 0.1) is 5.69 Å². The second-order valence-corrected chi connectivity index (χ2v) is 4.03. The van der Waals surface area contributed by atoms with Crippen molar-refractivity contribution < 1.29 is 8.78 Å². The fourth-order valence-electron chi connectivity index (χ4n) is 1.42. The van der Waals surface area contributed by atoms with Crippen molar-refractivity contribution >= 4 is 18.4 Å². The molecular weight excluding hydrogens is 256 g/mol. The van der Waals surface area contributed by atoms with Gasteiger partial charge in [0.2, 0.25) is 0 Å². The van der Waals surface area contributed by atoms with Crippen LogP contribution < -0.4 is 5.32 Å². The molecule has 0 bridgehead atoms. The van der Waals surface area contributed by atoms with Gasteiger partial charge in [-0.3, -0.25) is 0 Å². The van der Waals surface area contributed by atoms with E-state index in [1.165, 1.54) is 6.07 Å². The van der Waals surface area contributed by atoms with Crippen LogP contribution in [-0.2, 0) is 0 Å². The Kier molecular flexibility index (Phi) is 4.09. The number of aromatic nitrogens is 2. The average molecular weight is 267 g/mol. The first-order valence-electron chi connectivity index (χ1n) is 5.34. The van der Waals surface area contributed by atoms with E-state index in [1.807, 2.05) is 0 Å². The minimum Gasteiger partial charge on any atom is -0.368 e. The van der Waals surface area contributed by atoms with Gasteiger partial charge >= 0.3 is 0 Å². The maximum absolute atomic E-state index is 13.1. The van der Waals surface area contributed by atoms with Crippen LogP contribution in [0.4, 0.5) is 14.6 Å². The van der Waals surface area contributed by atoms with Gasteiger partial charge in [0.25, 0.3) is 0 Å². The van der Waals surface area contributed by atoms with Gasteiger partial charge in [0, 0.05) is 17.9 Å². The van der Waals surface area contributed by atoms with Crippen molar-refractivity contribution in [3.05, 3.63) is 42.0 Å². The van der Waals surface area contributed by atoms with E-state index in [9.17, 15) is 8.78 Å². The van der Waals surface area contributed by atoms with Gasteiger partial charge in [-0.2, -0.15) is 12.6 Å². The highest BCUT2D eigenvalue weighted by Crippen LogP contribution is 2.19. The minimum absolute atomic E-state index is 0.488. The van der Waals surface area contributed by atoms with Gasteiger partial charge in [0.1, 0.15) is 5.82 Å². The number of anilines is 1. The second kappa shape index (κ2) is 5.77. The summed E-state index contributed by atoms with van der Waals surface area (Å²) >= 11 is 4.06. The van der Waals surface area contributed by atoms with Crippen LogP contribution in [0.25, 0.3) is 11.3 Å². The van der Waals surface area contributed by atoms with E-state index in [1.54, 1.807) is 12.1 Å². The van der Waals surface area contributed by atoms with Crippen molar-refractivity contribution in [2.75, 3.05) is 17.6 Å². The summed E-state index contributed by atoms with van der Waals surface area (Å²) in [5.74, 6) is -0.465. The highest BCUT2D eigenvalue weighted by molar-refractivity contribution is 7.80. The predicted octanol–water partition coefficient (Wildman–Crippen LogP) is 2.76. The molecule has 0 spiro atoms. The van der Waals surface area contributed by atoms with Crippen molar-refractivity contribution in [1.29, 1.82) is 0 Å². The Morgan fingerprint density at radius 2 is 1.89 bits per heavy atom. The van der Waals surface area contributed by atoms with Crippen LogP contribution in [0.3, 0.4) is 0 Å². The molecule has 0 radical (unpaired) electrons. The average Bonchev–Trinajstić information content (AvgIpc) is 2.40. The van der Waals surface area contributed by atoms with Gasteiger partial charge in [-0.15, -0.1) is 10.2 Å². The number of benzene rings is 1. The molecule has 2 aromatic rings. The van der Waals surface area contributed by atoms with Crippen molar-refractivity contribution in [1.82, 2.24) is 10.2 Å². The van der Waals surface area contributed by atoms with E-state index >= 15 is 0 Å². The summed E-state index contributed by atoms with van der Waals surface area (Å²) < 4.78 is 25.9. The summed E-state index contributed by atoms with van der Waals surface area (Å²) in [5, 5.41) is 10.9. The third-order valence-corrected chi connectivity index (χ3v) is 2.52. The molecule has 0 saturated carbocycles. The largest absolute Gasteiger partial charge is 0.368 e. The molecule has 1 aromatic heterocycles. The highest BCUT2D eigenvalue weighted by Gasteiger charge is 2.06. The minimum atomic E-state index is -0.897. The van der Waals surface area contributed by atoms with Crippen LogP contribution in [0.15, 0.2) is 30.3 Å². The van der Waals surface area contributed by atoms with Gasteiger partial charge in [0.15, 0.2) is 11.6 Å². The first kappa shape index (κ1) is 12.8. The normalized spacial score (nSPS) is 10.4. The van der Waals surface area contributed by atoms with E-state index in [2.05, 4.69) is 28.1 Å². The molecule has 94 valence electrons. The molecule has 6 heteroatoms. The molecule has 2 rings (SSSR count). The Balaban J connectivity index is 2.20. The molecule has 0 saturated heterocycles. The van der Waals surface area contributed by atoms with E-state index in [4.69, 9.17) is 0 Å². The van der Waals surface area contributed by atoms with Gasteiger partial charge in [-0.25, -0.2) is 8.78 Å². The van der Waals surface area contributed by atoms with Gasteiger partial charge in [-0.05, 0) is 30.3 Å². The van der Waals surface area contributed by atoms with E-state index < -0.39 is 11.6 Å². The van der Waals surface area contributed by atoms with E-state index in [-0.39, 0.29) is 0 Å². The Bertz CT molecular complexity index is 531. The van der Waals surface area contributed by atoms with E-state index in [0.29, 0.717) is 29.4 Å². The molecule has 0 aliphatic heterocycles. The SMILES string of the molecule is Fc1ccc(-c2ccc(NCCS)nn2)cc1F. The zero-order valence-corrected chi connectivity index (χ0v) is 10.3. The van der Waals surface area contributed by atoms with Crippen LogP contribution in [0.2, 0.25) is 0 Å². The highest BCUT2D eigenvalue weighted by atomic mass is 32.1. The fraction of sp³-hybridized carbons (Fsp3) is 0.167. The number of hydrogen-bond acceptors (Lipinski definition) is 4. The molecule has 1 N–H and O–H groups in total. The standard InChI is InChI=1S/C12H11F2N3S/c13-9-2-1-8(7-10(9)14)11-3-4-12(17-16-11)15-5-6-18/h1-4,7,18H,5-6H2,(H,15,17). The predicted molar refractivity (Wildman–Crippen MR) is 69.7 cm³/mol. The molecule has 0 aliphatic rings. The molecule has 1 aromatic carbocycles. The topological polar surface area (TPSA) is 37.8 Å². The molecule has 0 fully saturated rings. The maximum Gasteiger partial charge on any atom is 0.159 e. The maximum atomic E-state index is 13.1. The first-order chi connectivity index (χ1) is 8.70. The summed E-state index contributed by atoms with van der Waals surface area (Å²) in [5.41, 5.74) is 0.979. The Hall–Kier alpha value is -1.69.